The minimum Gasteiger partial charge on any atom is -0.258 e. The Morgan fingerprint density at radius 1 is 1.29 bits per heavy atom. The minimum absolute atomic E-state index is 0.281. The average molecular weight is 260 g/mol. The molecule has 1 aromatic rings. The first-order valence-electron chi connectivity index (χ1n) is 4.78. The monoisotopic (exact) mass is 259 g/mol. The highest BCUT2D eigenvalue weighted by Crippen LogP contribution is 2.28. The molecule has 0 aliphatic carbocycles. The van der Waals surface area contributed by atoms with Crippen LogP contribution in [0.3, 0.4) is 0 Å². The number of halogens is 2. The van der Waals surface area contributed by atoms with Crippen LogP contribution >= 0.6 is 15.9 Å². The van der Waals surface area contributed by atoms with Crippen LogP contribution in [-0.4, -0.2) is 9.81 Å². The third-order valence-electron chi connectivity index (χ3n) is 2.33. The molecule has 1 nitrogen and oxygen atoms in total. The van der Waals surface area contributed by atoms with Gasteiger partial charge < -0.3 is 0 Å². The van der Waals surface area contributed by atoms with Gasteiger partial charge >= 0.3 is 0 Å². The van der Waals surface area contributed by atoms with Gasteiger partial charge in [-0.25, -0.2) is 4.39 Å². The molecular weight excluding hydrogens is 245 g/mol. The molecule has 2 atom stereocenters. The first-order valence-corrected chi connectivity index (χ1v) is 5.69. The molecule has 0 fully saturated rings. The Morgan fingerprint density at radius 2 is 1.93 bits per heavy atom. The van der Waals surface area contributed by atoms with E-state index < -0.39 is 0 Å². The molecule has 0 saturated heterocycles. The van der Waals surface area contributed by atoms with E-state index in [0.717, 1.165) is 5.69 Å². The van der Waals surface area contributed by atoms with Crippen molar-refractivity contribution in [2.24, 2.45) is 5.92 Å². The van der Waals surface area contributed by atoms with Crippen LogP contribution in [0.4, 0.5) is 4.39 Å². The zero-order valence-electron chi connectivity index (χ0n) is 8.67. The molecule has 1 rings (SSSR count). The molecule has 0 aliphatic heterocycles. The molecule has 2 unspecified atom stereocenters. The third kappa shape index (κ3) is 2.77. The van der Waals surface area contributed by atoms with E-state index in [1.165, 1.54) is 12.3 Å². The predicted molar refractivity (Wildman–Crippen MR) is 60.2 cm³/mol. The van der Waals surface area contributed by atoms with Crippen molar-refractivity contribution in [1.82, 2.24) is 4.98 Å². The van der Waals surface area contributed by atoms with Crippen molar-refractivity contribution in [3.05, 3.63) is 29.8 Å². The molecule has 0 aromatic carbocycles. The largest absolute Gasteiger partial charge is 0.258 e. The molecule has 14 heavy (non-hydrogen) atoms. The van der Waals surface area contributed by atoms with E-state index in [2.05, 4.69) is 41.7 Å². The summed E-state index contributed by atoms with van der Waals surface area (Å²) in [5, 5.41) is 0. The maximum absolute atomic E-state index is 12.6. The summed E-state index contributed by atoms with van der Waals surface area (Å²) in [6, 6.07) is 3.20. The van der Waals surface area contributed by atoms with Gasteiger partial charge in [-0.3, -0.25) is 4.98 Å². The molecular formula is C11H15BrFN. The van der Waals surface area contributed by atoms with Crippen LogP contribution in [0.15, 0.2) is 18.3 Å². The van der Waals surface area contributed by atoms with E-state index in [1.54, 1.807) is 6.07 Å². The van der Waals surface area contributed by atoms with Gasteiger partial charge in [0.05, 0.1) is 6.20 Å². The average Bonchev–Trinajstić information content (AvgIpc) is 2.16. The van der Waals surface area contributed by atoms with Gasteiger partial charge in [-0.05, 0) is 18.1 Å². The fraction of sp³-hybridized carbons (Fsp3) is 0.545. The van der Waals surface area contributed by atoms with Crippen molar-refractivity contribution in [3.63, 3.8) is 0 Å². The standard InChI is InChI=1S/C11H15BrFN/c1-7(2)11(12)8(3)10-5-4-9(13)6-14-10/h4-8,11H,1-3H3. The van der Waals surface area contributed by atoms with Crippen molar-refractivity contribution < 1.29 is 4.39 Å². The lowest BCUT2D eigenvalue weighted by Crippen LogP contribution is -2.16. The lowest BCUT2D eigenvalue weighted by Gasteiger charge is -2.21. The van der Waals surface area contributed by atoms with Gasteiger partial charge in [0.1, 0.15) is 5.82 Å². The molecule has 0 aliphatic rings. The normalized spacial score (nSPS) is 15.6. The van der Waals surface area contributed by atoms with Gasteiger partial charge in [-0.15, -0.1) is 0 Å². The highest BCUT2D eigenvalue weighted by molar-refractivity contribution is 9.09. The summed E-state index contributed by atoms with van der Waals surface area (Å²) in [6.07, 6.45) is 1.27. The Bertz CT molecular complexity index is 284. The molecule has 3 heteroatoms. The van der Waals surface area contributed by atoms with Gasteiger partial charge in [-0.1, -0.05) is 36.7 Å². The zero-order valence-corrected chi connectivity index (χ0v) is 10.3. The maximum Gasteiger partial charge on any atom is 0.141 e. The van der Waals surface area contributed by atoms with E-state index in [9.17, 15) is 4.39 Å². The number of rotatable bonds is 3. The molecule has 0 saturated carbocycles. The summed E-state index contributed by atoms with van der Waals surface area (Å²) in [4.78, 5) is 4.45. The van der Waals surface area contributed by atoms with Crippen LogP contribution < -0.4 is 0 Å². The Balaban J connectivity index is 2.78. The van der Waals surface area contributed by atoms with Gasteiger partial charge in [0.2, 0.25) is 0 Å². The highest BCUT2D eigenvalue weighted by Gasteiger charge is 2.20. The molecule has 78 valence electrons. The number of hydrogen-bond donors (Lipinski definition) is 0. The SMILES string of the molecule is CC(C)C(Br)C(C)c1ccc(F)cn1. The summed E-state index contributed by atoms with van der Waals surface area (Å²) in [6.45, 7) is 6.40. The highest BCUT2D eigenvalue weighted by atomic mass is 79.9. The van der Waals surface area contributed by atoms with Crippen molar-refractivity contribution in [1.29, 1.82) is 0 Å². The summed E-state index contributed by atoms with van der Waals surface area (Å²) < 4.78 is 12.6. The number of alkyl halides is 1. The first kappa shape index (κ1) is 11.6. The molecule has 0 spiro atoms. The Morgan fingerprint density at radius 3 is 2.36 bits per heavy atom. The van der Waals surface area contributed by atoms with Crippen LogP contribution in [-0.2, 0) is 0 Å². The minimum atomic E-state index is -0.281. The molecule has 0 radical (unpaired) electrons. The zero-order chi connectivity index (χ0) is 10.7. The number of pyridine rings is 1. The second-order valence-electron chi connectivity index (χ2n) is 3.88. The molecule has 0 bridgehead atoms. The van der Waals surface area contributed by atoms with Crippen LogP contribution in [0.2, 0.25) is 0 Å². The van der Waals surface area contributed by atoms with E-state index in [1.807, 2.05) is 0 Å². The smallest absolute Gasteiger partial charge is 0.141 e. The van der Waals surface area contributed by atoms with Crippen molar-refractivity contribution in [2.75, 3.05) is 0 Å². The van der Waals surface area contributed by atoms with Gasteiger partial charge in [0, 0.05) is 16.4 Å². The lowest BCUT2D eigenvalue weighted by atomic mass is 9.95. The fourth-order valence-corrected chi connectivity index (χ4v) is 1.67. The topological polar surface area (TPSA) is 12.9 Å². The number of aromatic nitrogens is 1. The van der Waals surface area contributed by atoms with E-state index in [-0.39, 0.29) is 5.82 Å². The van der Waals surface area contributed by atoms with Crippen LogP contribution in [0.5, 0.6) is 0 Å². The van der Waals surface area contributed by atoms with Crippen LogP contribution in [0.25, 0.3) is 0 Å². The number of nitrogens with zero attached hydrogens (tertiary/aromatic N) is 1. The number of hydrogen-bond acceptors (Lipinski definition) is 1. The summed E-state index contributed by atoms with van der Waals surface area (Å²) in [5.74, 6) is 0.559. The second kappa shape index (κ2) is 4.87. The van der Waals surface area contributed by atoms with E-state index in [4.69, 9.17) is 0 Å². The lowest BCUT2D eigenvalue weighted by molar-refractivity contribution is 0.539. The second-order valence-corrected chi connectivity index (χ2v) is 4.94. The molecule has 0 N–H and O–H groups in total. The quantitative estimate of drug-likeness (QED) is 0.754. The van der Waals surface area contributed by atoms with Crippen LogP contribution in [0, 0.1) is 11.7 Å². The van der Waals surface area contributed by atoms with Crippen molar-refractivity contribution >= 4 is 15.9 Å². The predicted octanol–water partition coefficient (Wildman–Crippen LogP) is 3.74. The summed E-state index contributed by atoms with van der Waals surface area (Å²) >= 11 is 3.63. The fourth-order valence-electron chi connectivity index (χ4n) is 1.40. The van der Waals surface area contributed by atoms with Crippen LogP contribution in [0.1, 0.15) is 32.4 Å². The van der Waals surface area contributed by atoms with Gasteiger partial charge in [-0.2, -0.15) is 0 Å². The van der Waals surface area contributed by atoms with E-state index >= 15 is 0 Å². The van der Waals surface area contributed by atoms with Gasteiger partial charge in [0.25, 0.3) is 0 Å². The summed E-state index contributed by atoms with van der Waals surface area (Å²) in [7, 11) is 0. The Labute approximate surface area is 92.9 Å². The Hall–Kier alpha value is -0.440. The summed E-state index contributed by atoms with van der Waals surface area (Å²) in [5.41, 5.74) is 0.932. The Kier molecular flexibility index (Phi) is 4.05. The first-order chi connectivity index (χ1) is 6.52. The molecule has 0 amide bonds. The van der Waals surface area contributed by atoms with Crippen molar-refractivity contribution in [2.45, 2.75) is 31.5 Å². The molecule has 1 aromatic heterocycles. The third-order valence-corrected chi connectivity index (χ3v) is 4.18. The van der Waals surface area contributed by atoms with Crippen molar-refractivity contribution in [3.8, 4) is 0 Å². The molecule has 1 heterocycles. The van der Waals surface area contributed by atoms with Gasteiger partial charge in [0.15, 0.2) is 0 Å². The van der Waals surface area contributed by atoms with E-state index in [0.29, 0.717) is 16.7 Å². The maximum atomic E-state index is 12.6.